The van der Waals surface area contributed by atoms with Gasteiger partial charge in [0, 0.05) is 25.0 Å². The summed E-state index contributed by atoms with van der Waals surface area (Å²) in [5, 5.41) is 3.44. The Bertz CT molecular complexity index is 332. The van der Waals surface area contributed by atoms with Gasteiger partial charge in [-0.3, -0.25) is 9.59 Å². The van der Waals surface area contributed by atoms with Crippen molar-refractivity contribution in [3.8, 4) is 0 Å². The average molecular weight is 268 g/mol. The number of hydrogen-bond acceptors (Lipinski definition) is 4. The number of ether oxygens (including phenoxy) is 1. The number of nitrogens with zero attached hydrogens (tertiary/aromatic N) is 1. The Morgan fingerprint density at radius 1 is 1.32 bits per heavy atom. The zero-order chi connectivity index (χ0) is 13.7. The summed E-state index contributed by atoms with van der Waals surface area (Å²) in [4.78, 5) is 25.4. The summed E-state index contributed by atoms with van der Waals surface area (Å²) in [6, 6.07) is 0. The van der Waals surface area contributed by atoms with Gasteiger partial charge in [-0.2, -0.15) is 0 Å². The van der Waals surface area contributed by atoms with E-state index in [-0.39, 0.29) is 17.7 Å². The summed E-state index contributed by atoms with van der Waals surface area (Å²) in [5.41, 5.74) is 0.237. The second kappa shape index (κ2) is 6.37. The van der Waals surface area contributed by atoms with Crippen molar-refractivity contribution in [1.82, 2.24) is 10.2 Å². The van der Waals surface area contributed by atoms with Crippen LogP contribution in [0.1, 0.15) is 39.0 Å². The normalized spacial score (nSPS) is 27.3. The highest BCUT2D eigenvalue weighted by Gasteiger charge is 2.38. The van der Waals surface area contributed by atoms with E-state index >= 15 is 0 Å². The first-order chi connectivity index (χ1) is 9.15. The first-order valence-electron chi connectivity index (χ1n) is 7.29. The molecule has 19 heavy (non-hydrogen) atoms. The third-order valence-corrected chi connectivity index (χ3v) is 4.18. The highest BCUT2D eigenvalue weighted by Crippen LogP contribution is 2.35. The fraction of sp³-hybridized carbons (Fsp3) is 0.857. The molecule has 108 valence electrons. The summed E-state index contributed by atoms with van der Waals surface area (Å²) in [7, 11) is 0. The van der Waals surface area contributed by atoms with Crippen LogP contribution in [0.25, 0.3) is 0 Å². The molecule has 5 heteroatoms. The summed E-state index contributed by atoms with van der Waals surface area (Å²) in [5.74, 6) is -0.489. The maximum Gasteiger partial charge on any atom is 0.315 e. The SMILES string of the molecule is CCOC(=O)CC(=O)N1CCCC2(CCCNC2)C1. The van der Waals surface area contributed by atoms with Gasteiger partial charge >= 0.3 is 5.97 Å². The summed E-state index contributed by atoms with van der Waals surface area (Å²) < 4.78 is 4.84. The molecule has 2 aliphatic rings. The molecule has 0 aromatic carbocycles. The molecular weight excluding hydrogens is 244 g/mol. The predicted molar refractivity (Wildman–Crippen MR) is 71.6 cm³/mol. The number of esters is 1. The van der Waals surface area contributed by atoms with Crippen molar-refractivity contribution in [1.29, 1.82) is 0 Å². The molecule has 2 aliphatic heterocycles. The smallest absolute Gasteiger partial charge is 0.315 e. The third kappa shape index (κ3) is 3.69. The van der Waals surface area contributed by atoms with E-state index < -0.39 is 5.97 Å². The monoisotopic (exact) mass is 268 g/mol. The Labute approximate surface area is 114 Å². The van der Waals surface area contributed by atoms with Crippen molar-refractivity contribution in [2.75, 3.05) is 32.8 Å². The fourth-order valence-corrected chi connectivity index (χ4v) is 3.25. The molecule has 2 fully saturated rings. The van der Waals surface area contributed by atoms with Crippen molar-refractivity contribution in [2.45, 2.75) is 39.0 Å². The lowest BCUT2D eigenvalue weighted by Gasteiger charge is -2.45. The van der Waals surface area contributed by atoms with Gasteiger partial charge in [-0.25, -0.2) is 0 Å². The number of carbonyl (C=O) groups excluding carboxylic acids is 2. The van der Waals surface area contributed by atoms with E-state index in [0.29, 0.717) is 6.61 Å². The van der Waals surface area contributed by atoms with Gasteiger partial charge < -0.3 is 15.0 Å². The topological polar surface area (TPSA) is 58.6 Å². The summed E-state index contributed by atoms with van der Waals surface area (Å²) in [6.45, 7) is 5.73. The molecule has 1 N–H and O–H groups in total. The maximum atomic E-state index is 12.1. The van der Waals surface area contributed by atoms with Crippen molar-refractivity contribution < 1.29 is 14.3 Å². The van der Waals surface area contributed by atoms with E-state index in [2.05, 4.69) is 5.32 Å². The Hall–Kier alpha value is -1.10. The minimum atomic E-state index is -0.408. The number of likely N-dealkylation sites (tertiary alicyclic amines) is 1. The first-order valence-corrected chi connectivity index (χ1v) is 7.29. The van der Waals surface area contributed by atoms with Crippen molar-refractivity contribution in [2.24, 2.45) is 5.41 Å². The lowest BCUT2D eigenvalue weighted by atomic mass is 9.74. The molecular formula is C14H24N2O3. The molecule has 5 nitrogen and oxygen atoms in total. The molecule has 0 radical (unpaired) electrons. The second-order valence-corrected chi connectivity index (χ2v) is 5.68. The van der Waals surface area contributed by atoms with E-state index in [1.165, 1.54) is 19.3 Å². The van der Waals surface area contributed by atoms with Crippen molar-refractivity contribution in [3.63, 3.8) is 0 Å². The molecule has 1 amide bonds. The largest absolute Gasteiger partial charge is 0.466 e. The van der Waals surface area contributed by atoms with Crippen LogP contribution >= 0.6 is 0 Å². The van der Waals surface area contributed by atoms with Gasteiger partial charge in [0.15, 0.2) is 0 Å². The Kier molecular flexibility index (Phi) is 4.80. The molecule has 2 saturated heterocycles. The Balaban J connectivity index is 1.89. The molecule has 0 bridgehead atoms. The van der Waals surface area contributed by atoms with Gasteiger partial charge in [-0.05, 0) is 39.2 Å². The highest BCUT2D eigenvalue weighted by molar-refractivity contribution is 5.94. The molecule has 1 spiro atoms. The van der Waals surface area contributed by atoms with Gasteiger partial charge in [0.1, 0.15) is 6.42 Å². The number of rotatable bonds is 3. The minimum Gasteiger partial charge on any atom is -0.466 e. The van der Waals surface area contributed by atoms with Crippen LogP contribution in [-0.2, 0) is 14.3 Å². The number of nitrogens with one attached hydrogen (secondary N) is 1. The van der Waals surface area contributed by atoms with E-state index in [0.717, 1.165) is 32.6 Å². The van der Waals surface area contributed by atoms with Crippen molar-refractivity contribution in [3.05, 3.63) is 0 Å². The second-order valence-electron chi connectivity index (χ2n) is 5.68. The van der Waals surface area contributed by atoms with Gasteiger partial charge in [-0.1, -0.05) is 0 Å². The fourth-order valence-electron chi connectivity index (χ4n) is 3.25. The first kappa shape index (κ1) is 14.3. The third-order valence-electron chi connectivity index (χ3n) is 4.18. The number of amides is 1. The molecule has 0 aromatic heterocycles. The molecule has 2 rings (SSSR count). The van der Waals surface area contributed by atoms with Crippen LogP contribution in [0, 0.1) is 5.41 Å². The van der Waals surface area contributed by atoms with Crippen LogP contribution < -0.4 is 5.32 Å². The van der Waals surface area contributed by atoms with E-state index in [1.807, 2.05) is 4.90 Å². The van der Waals surface area contributed by atoms with E-state index in [9.17, 15) is 9.59 Å². The Morgan fingerprint density at radius 3 is 2.79 bits per heavy atom. The number of piperidine rings is 2. The highest BCUT2D eigenvalue weighted by atomic mass is 16.5. The van der Waals surface area contributed by atoms with Crippen LogP contribution in [-0.4, -0.2) is 49.6 Å². The standard InChI is InChI=1S/C14H24N2O3/c1-2-19-13(18)9-12(17)16-8-4-6-14(11-16)5-3-7-15-10-14/h15H,2-11H2,1H3. The van der Waals surface area contributed by atoms with Crippen LogP contribution in [0.3, 0.4) is 0 Å². The van der Waals surface area contributed by atoms with Gasteiger partial charge in [0.25, 0.3) is 0 Å². The predicted octanol–water partition coefficient (Wildman–Crippen LogP) is 0.932. The van der Waals surface area contributed by atoms with E-state index in [4.69, 9.17) is 4.74 Å². The zero-order valence-corrected chi connectivity index (χ0v) is 11.7. The molecule has 0 aromatic rings. The summed E-state index contributed by atoms with van der Waals surface area (Å²) in [6.07, 6.45) is 4.47. The van der Waals surface area contributed by atoms with Gasteiger partial charge in [0.05, 0.1) is 6.61 Å². The van der Waals surface area contributed by atoms with Crippen LogP contribution in [0.2, 0.25) is 0 Å². The maximum absolute atomic E-state index is 12.1. The molecule has 0 aliphatic carbocycles. The summed E-state index contributed by atoms with van der Waals surface area (Å²) >= 11 is 0. The van der Waals surface area contributed by atoms with Crippen LogP contribution in [0.5, 0.6) is 0 Å². The molecule has 0 saturated carbocycles. The number of hydrogen-bond donors (Lipinski definition) is 1. The lowest BCUT2D eigenvalue weighted by Crippen LogP contribution is -2.52. The minimum absolute atomic E-state index is 0.0805. The van der Waals surface area contributed by atoms with Crippen LogP contribution in [0.4, 0.5) is 0 Å². The zero-order valence-electron chi connectivity index (χ0n) is 11.7. The Morgan fingerprint density at radius 2 is 2.11 bits per heavy atom. The van der Waals surface area contributed by atoms with E-state index in [1.54, 1.807) is 6.92 Å². The molecule has 1 unspecified atom stereocenters. The quantitative estimate of drug-likeness (QED) is 0.611. The number of carbonyl (C=O) groups is 2. The average Bonchev–Trinajstić information content (AvgIpc) is 2.40. The molecule has 2 heterocycles. The van der Waals surface area contributed by atoms with Crippen LogP contribution in [0.15, 0.2) is 0 Å². The molecule has 1 atom stereocenters. The van der Waals surface area contributed by atoms with Crippen molar-refractivity contribution >= 4 is 11.9 Å². The lowest BCUT2D eigenvalue weighted by molar-refractivity contribution is -0.150. The van der Waals surface area contributed by atoms with Gasteiger partial charge in [0.2, 0.25) is 5.91 Å². The van der Waals surface area contributed by atoms with Gasteiger partial charge in [-0.15, -0.1) is 0 Å².